The van der Waals surface area contributed by atoms with Gasteiger partial charge in [-0.05, 0) is 37.6 Å². The molecule has 0 aliphatic carbocycles. The van der Waals surface area contributed by atoms with Gasteiger partial charge in [0.1, 0.15) is 5.75 Å². The van der Waals surface area contributed by atoms with Gasteiger partial charge in [0, 0.05) is 12.1 Å². The third kappa shape index (κ3) is 4.07. The lowest BCUT2D eigenvalue weighted by atomic mass is 10.1. The molecule has 0 aliphatic heterocycles. The van der Waals surface area contributed by atoms with Gasteiger partial charge in [0.2, 0.25) is 0 Å². The van der Waals surface area contributed by atoms with Crippen molar-refractivity contribution in [2.45, 2.75) is 20.4 Å². The van der Waals surface area contributed by atoms with Crippen LogP contribution in [-0.4, -0.2) is 22.7 Å². The Morgan fingerprint density at radius 3 is 2.84 bits per heavy atom. The van der Waals surface area contributed by atoms with Crippen LogP contribution in [0.5, 0.6) is 5.75 Å². The standard InChI is InChI=1S/C20H21N3O2/c1-3-25-17-9-5-7-15(11-17)12-21-20(24)18-13-22-23-19(18)16-8-4-6-14(2)10-16/h4-11,13H,3,12H2,1-2H3,(H,21,24)(H,22,23). The Labute approximate surface area is 147 Å². The summed E-state index contributed by atoms with van der Waals surface area (Å²) in [5, 5.41) is 9.90. The molecule has 3 aromatic rings. The van der Waals surface area contributed by atoms with Crippen LogP contribution in [0.15, 0.2) is 54.7 Å². The number of hydrogen-bond donors (Lipinski definition) is 2. The Bertz CT molecular complexity index is 871. The summed E-state index contributed by atoms with van der Waals surface area (Å²) in [6.45, 7) is 5.01. The lowest BCUT2D eigenvalue weighted by Crippen LogP contribution is -2.23. The minimum atomic E-state index is -0.160. The molecule has 3 rings (SSSR count). The molecule has 1 amide bonds. The fraction of sp³-hybridized carbons (Fsp3) is 0.200. The number of H-pyrrole nitrogens is 1. The molecule has 1 heterocycles. The molecule has 1 aromatic heterocycles. The second-order valence-electron chi connectivity index (χ2n) is 5.79. The zero-order valence-corrected chi connectivity index (χ0v) is 14.4. The molecule has 0 saturated heterocycles. The summed E-state index contributed by atoms with van der Waals surface area (Å²) >= 11 is 0. The van der Waals surface area contributed by atoms with Crippen LogP contribution < -0.4 is 10.1 Å². The van der Waals surface area contributed by atoms with Crippen LogP contribution in [0, 0.1) is 6.92 Å². The molecule has 0 radical (unpaired) electrons. The van der Waals surface area contributed by atoms with E-state index in [-0.39, 0.29) is 5.91 Å². The van der Waals surface area contributed by atoms with Crippen molar-refractivity contribution in [2.24, 2.45) is 0 Å². The third-order valence-corrected chi connectivity index (χ3v) is 3.85. The maximum atomic E-state index is 12.6. The first kappa shape index (κ1) is 16.8. The summed E-state index contributed by atoms with van der Waals surface area (Å²) in [6.07, 6.45) is 1.56. The van der Waals surface area contributed by atoms with Gasteiger partial charge in [0.15, 0.2) is 0 Å². The molecule has 0 aliphatic rings. The van der Waals surface area contributed by atoms with E-state index in [1.165, 1.54) is 0 Å². The molecule has 0 spiro atoms. The lowest BCUT2D eigenvalue weighted by molar-refractivity contribution is 0.0951. The fourth-order valence-electron chi connectivity index (χ4n) is 2.67. The summed E-state index contributed by atoms with van der Waals surface area (Å²) < 4.78 is 5.49. The Morgan fingerprint density at radius 2 is 2.04 bits per heavy atom. The first-order chi connectivity index (χ1) is 12.2. The maximum Gasteiger partial charge on any atom is 0.255 e. The number of carbonyl (C=O) groups excluding carboxylic acids is 1. The first-order valence-corrected chi connectivity index (χ1v) is 8.27. The highest BCUT2D eigenvalue weighted by atomic mass is 16.5. The van der Waals surface area contributed by atoms with Crippen molar-refractivity contribution >= 4 is 5.91 Å². The smallest absolute Gasteiger partial charge is 0.255 e. The van der Waals surface area contributed by atoms with E-state index < -0.39 is 0 Å². The highest BCUT2D eigenvalue weighted by Crippen LogP contribution is 2.22. The number of aryl methyl sites for hydroxylation is 1. The van der Waals surface area contributed by atoms with E-state index in [4.69, 9.17) is 4.74 Å². The molecule has 2 N–H and O–H groups in total. The van der Waals surface area contributed by atoms with Gasteiger partial charge in [-0.1, -0.05) is 35.9 Å². The summed E-state index contributed by atoms with van der Waals surface area (Å²) in [4.78, 5) is 12.6. The van der Waals surface area contributed by atoms with Gasteiger partial charge in [-0.15, -0.1) is 0 Å². The van der Waals surface area contributed by atoms with E-state index in [9.17, 15) is 4.79 Å². The van der Waals surface area contributed by atoms with E-state index in [2.05, 4.69) is 15.5 Å². The van der Waals surface area contributed by atoms with Gasteiger partial charge in [0.05, 0.1) is 24.1 Å². The average Bonchev–Trinajstić information content (AvgIpc) is 3.10. The van der Waals surface area contributed by atoms with Crippen LogP contribution in [0.25, 0.3) is 11.3 Å². The van der Waals surface area contributed by atoms with Crippen molar-refractivity contribution < 1.29 is 9.53 Å². The zero-order valence-electron chi connectivity index (χ0n) is 14.4. The van der Waals surface area contributed by atoms with Gasteiger partial charge in [0.25, 0.3) is 5.91 Å². The van der Waals surface area contributed by atoms with Gasteiger partial charge < -0.3 is 10.1 Å². The van der Waals surface area contributed by atoms with Crippen molar-refractivity contribution in [1.82, 2.24) is 15.5 Å². The number of amides is 1. The number of benzene rings is 2. The largest absolute Gasteiger partial charge is 0.494 e. The normalized spacial score (nSPS) is 10.5. The highest BCUT2D eigenvalue weighted by Gasteiger charge is 2.15. The van der Waals surface area contributed by atoms with Gasteiger partial charge in [-0.25, -0.2) is 0 Å². The van der Waals surface area contributed by atoms with Crippen LogP contribution in [0.4, 0.5) is 0 Å². The minimum absolute atomic E-state index is 0.160. The highest BCUT2D eigenvalue weighted by molar-refractivity contribution is 5.99. The van der Waals surface area contributed by atoms with Crippen LogP contribution in [-0.2, 0) is 6.54 Å². The number of nitrogens with zero attached hydrogens (tertiary/aromatic N) is 1. The SMILES string of the molecule is CCOc1cccc(CNC(=O)c2cn[nH]c2-c2cccc(C)c2)c1. The molecule has 0 fully saturated rings. The van der Waals surface area contributed by atoms with Crippen molar-refractivity contribution in [2.75, 3.05) is 6.61 Å². The number of carbonyl (C=O) groups is 1. The topological polar surface area (TPSA) is 67.0 Å². The molecule has 0 unspecified atom stereocenters. The molecule has 0 atom stereocenters. The monoisotopic (exact) mass is 335 g/mol. The predicted octanol–water partition coefficient (Wildman–Crippen LogP) is 3.71. The van der Waals surface area contributed by atoms with Crippen LogP contribution >= 0.6 is 0 Å². The molecular weight excluding hydrogens is 314 g/mol. The third-order valence-electron chi connectivity index (χ3n) is 3.85. The quantitative estimate of drug-likeness (QED) is 0.721. The molecule has 5 heteroatoms. The van der Waals surface area contributed by atoms with E-state index in [1.54, 1.807) is 6.20 Å². The molecule has 2 aromatic carbocycles. The number of rotatable bonds is 6. The van der Waals surface area contributed by atoms with E-state index in [0.717, 1.165) is 28.1 Å². The van der Waals surface area contributed by atoms with Crippen molar-refractivity contribution in [1.29, 1.82) is 0 Å². The van der Waals surface area contributed by atoms with Crippen molar-refractivity contribution in [3.8, 4) is 17.0 Å². The number of hydrogen-bond acceptors (Lipinski definition) is 3. The Balaban J connectivity index is 1.72. The van der Waals surface area contributed by atoms with Gasteiger partial charge >= 0.3 is 0 Å². The molecular formula is C20H21N3O2. The van der Waals surface area contributed by atoms with Gasteiger partial charge in [-0.2, -0.15) is 5.10 Å². The number of ether oxygens (including phenoxy) is 1. The number of nitrogens with one attached hydrogen (secondary N) is 2. The molecule has 128 valence electrons. The second-order valence-corrected chi connectivity index (χ2v) is 5.79. The number of aromatic nitrogens is 2. The summed E-state index contributed by atoms with van der Waals surface area (Å²) in [6, 6.07) is 15.7. The summed E-state index contributed by atoms with van der Waals surface area (Å²) in [5.74, 6) is 0.644. The average molecular weight is 335 g/mol. The predicted molar refractivity (Wildman–Crippen MR) is 97.5 cm³/mol. The fourth-order valence-corrected chi connectivity index (χ4v) is 2.67. The Kier molecular flexibility index (Phi) is 5.14. The second kappa shape index (κ2) is 7.66. The molecule has 25 heavy (non-hydrogen) atoms. The van der Waals surface area contributed by atoms with Crippen LogP contribution in [0.2, 0.25) is 0 Å². The van der Waals surface area contributed by atoms with Crippen molar-refractivity contribution in [3.05, 3.63) is 71.4 Å². The van der Waals surface area contributed by atoms with E-state index in [1.807, 2.05) is 62.4 Å². The summed E-state index contributed by atoms with van der Waals surface area (Å²) in [5.41, 5.74) is 4.32. The molecule has 0 bridgehead atoms. The van der Waals surface area contributed by atoms with Gasteiger partial charge in [-0.3, -0.25) is 9.89 Å². The zero-order chi connectivity index (χ0) is 17.6. The van der Waals surface area contributed by atoms with E-state index in [0.29, 0.717) is 18.7 Å². The maximum absolute atomic E-state index is 12.6. The summed E-state index contributed by atoms with van der Waals surface area (Å²) in [7, 11) is 0. The van der Waals surface area contributed by atoms with Crippen LogP contribution in [0.3, 0.4) is 0 Å². The van der Waals surface area contributed by atoms with Crippen molar-refractivity contribution in [3.63, 3.8) is 0 Å². The number of aromatic amines is 1. The minimum Gasteiger partial charge on any atom is -0.494 e. The lowest BCUT2D eigenvalue weighted by Gasteiger charge is -2.08. The molecule has 5 nitrogen and oxygen atoms in total. The first-order valence-electron chi connectivity index (χ1n) is 8.27. The Morgan fingerprint density at radius 1 is 1.20 bits per heavy atom. The molecule has 0 saturated carbocycles. The van der Waals surface area contributed by atoms with E-state index >= 15 is 0 Å². The van der Waals surface area contributed by atoms with Crippen LogP contribution in [0.1, 0.15) is 28.4 Å². The Hall–Kier alpha value is -3.08.